The first-order chi connectivity index (χ1) is 7.44. The van der Waals surface area contributed by atoms with Gasteiger partial charge in [-0.1, -0.05) is 19.1 Å². The average Bonchev–Trinajstić information content (AvgIpc) is 2.27. The summed E-state index contributed by atoms with van der Waals surface area (Å²) >= 11 is 0. The molecule has 0 fully saturated rings. The molecule has 6 heteroatoms. The van der Waals surface area contributed by atoms with Crippen molar-refractivity contribution in [3.05, 3.63) is 39.9 Å². The Morgan fingerprint density at radius 3 is 2.25 bits per heavy atom. The van der Waals surface area contributed by atoms with E-state index >= 15 is 0 Å². The van der Waals surface area contributed by atoms with Gasteiger partial charge in [-0.3, -0.25) is 10.1 Å². The number of hydrogen-bond acceptors (Lipinski definition) is 4. The van der Waals surface area contributed by atoms with E-state index in [0.29, 0.717) is 6.42 Å². The van der Waals surface area contributed by atoms with E-state index in [4.69, 9.17) is 0 Å². The second-order valence-corrected chi connectivity index (χ2v) is 5.88. The van der Waals surface area contributed by atoms with Gasteiger partial charge in [0.1, 0.15) is 9.84 Å². The summed E-state index contributed by atoms with van der Waals surface area (Å²) in [6, 6.07) is 5.94. The van der Waals surface area contributed by atoms with E-state index in [2.05, 4.69) is 0 Å². The summed E-state index contributed by atoms with van der Waals surface area (Å²) in [5.41, 5.74) is 0.810. The fourth-order valence-electron chi connectivity index (χ4n) is 1.20. The molecule has 0 aliphatic rings. The number of rotatable bonds is 5. The molecule has 0 atom stereocenters. The second-order valence-electron chi connectivity index (χ2n) is 3.41. The van der Waals surface area contributed by atoms with Crippen molar-refractivity contribution in [2.75, 3.05) is 11.5 Å². The normalized spacial score (nSPS) is 11.3. The van der Waals surface area contributed by atoms with E-state index in [0.717, 1.165) is 5.56 Å². The number of nitrogens with zero attached hydrogens (tertiary/aromatic N) is 1. The van der Waals surface area contributed by atoms with Crippen LogP contribution in [0.2, 0.25) is 0 Å². The van der Waals surface area contributed by atoms with Gasteiger partial charge in [0.2, 0.25) is 0 Å². The van der Waals surface area contributed by atoms with E-state index < -0.39 is 14.8 Å². The third-order valence-electron chi connectivity index (χ3n) is 2.29. The summed E-state index contributed by atoms with van der Waals surface area (Å²) in [7, 11) is -2.98. The zero-order chi connectivity index (χ0) is 12.2. The maximum atomic E-state index is 11.2. The van der Waals surface area contributed by atoms with E-state index in [1.54, 1.807) is 19.1 Å². The predicted octanol–water partition coefficient (Wildman–Crippen LogP) is 1.57. The van der Waals surface area contributed by atoms with Crippen LogP contribution in [0.25, 0.3) is 0 Å². The summed E-state index contributed by atoms with van der Waals surface area (Å²) in [4.78, 5) is 9.91. The third-order valence-corrected chi connectivity index (χ3v) is 3.99. The molecule has 16 heavy (non-hydrogen) atoms. The molecule has 88 valence electrons. The average molecular weight is 243 g/mol. The van der Waals surface area contributed by atoms with Crippen molar-refractivity contribution in [2.24, 2.45) is 0 Å². The lowest BCUT2D eigenvalue weighted by atomic mass is 10.1. The molecular weight excluding hydrogens is 230 g/mol. The molecule has 0 unspecified atom stereocenters. The van der Waals surface area contributed by atoms with Crippen LogP contribution in [-0.2, 0) is 16.3 Å². The van der Waals surface area contributed by atoms with Gasteiger partial charge in [0.25, 0.3) is 5.69 Å². The van der Waals surface area contributed by atoms with Gasteiger partial charge in [-0.2, -0.15) is 0 Å². The predicted molar refractivity (Wildman–Crippen MR) is 61.1 cm³/mol. The Labute approximate surface area is 94.2 Å². The van der Waals surface area contributed by atoms with Crippen molar-refractivity contribution in [3.8, 4) is 0 Å². The highest BCUT2D eigenvalue weighted by molar-refractivity contribution is 7.91. The molecule has 0 saturated heterocycles. The molecule has 0 amide bonds. The summed E-state index contributed by atoms with van der Waals surface area (Å²) in [6.07, 6.45) is 0.397. The van der Waals surface area contributed by atoms with Crippen LogP contribution in [0.1, 0.15) is 12.5 Å². The van der Waals surface area contributed by atoms with Gasteiger partial charge in [0.15, 0.2) is 0 Å². The molecule has 0 aliphatic carbocycles. The van der Waals surface area contributed by atoms with Crippen molar-refractivity contribution < 1.29 is 13.3 Å². The van der Waals surface area contributed by atoms with Crippen molar-refractivity contribution in [3.63, 3.8) is 0 Å². The summed E-state index contributed by atoms with van der Waals surface area (Å²) in [6.45, 7) is 1.60. The number of aryl methyl sites for hydroxylation is 1. The van der Waals surface area contributed by atoms with Crippen LogP contribution in [0.5, 0.6) is 0 Å². The van der Waals surface area contributed by atoms with Gasteiger partial charge in [-0.15, -0.1) is 0 Å². The molecular formula is C10H13NO4S. The lowest BCUT2D eigenvalue weighted by Crippen LogP contribution is -2.10. The van der Waals surface area contributed by atoms with Crippen molar-refractivity contribution in [2.45, 2.75) is 13.3 Å². The number of hydrogen-bond donors (Lipinski definition) is 0. The summed E-state index contributed by atoms with van der Waals surface area (Å²) < 4.78 is 22.5. The largest absolute Gasteiger partial charge is 0.269 e. The molecule has 1 aromatic carbocycles. The first kappa shape index (κ1) is 12.6. The molecule has 0 heterocycles. The molecule has 0 aromatic heterocycles. The maximum absolute atomic E-state index is 11.2. The van der Waals surface area contributed by atoms with Crippen molar-refractivity contribution in [1.82, 2.24) is 0 Å². The van der Waals surface area contributed by atoms with Gasteiger partial charge in [0.05, 0.1) is 10.7 Å². The quantitative estimate of drug-likeness (QED) is 0.581. The zero-order valence-electron chi connectivity index (χ0n) is 8.92. The van der Waals surface area contributed by atoms with Gasteiger partial charge < -0.3 is 0 Å². The van der Waals surface area contributed by atoms with Crippen LogP contribution in [-0.4, -0.2) is 24.8 Å². The molecule has 1 aromatic rings. The molecule has 0 N–H and O–H groups in total. The van der Waals surface area contributed by atoms with Gasteiger partial charge in [-0.05, 0) is 12.0 Å². The van der Waals surface area contributed by atoms with Crippen LogP contribution in [0.15, 0.2) is 24.3 Å². The van der Waals surface area contributed by atoms with Crippen LogP contribution in [0.3, 0.4) is 0 Å². The standard InChI is InChI=1S/C10H13NO4S/c1-2-16(14,15)8-7-9-3-5-10(6-4-9)11(12)13/h3-6H,2,7-8H2,1H3. The highest BCUT2D eigenvalue weighted by Gasteiger charge is 2.09. The number of non-ortho nitro benzene ring substituents is 1. The lowest BCUT2D eigenvalue weighted by molar-refractivity contribution is -0.384. The Balaban J connectivity index is 2.66. The molecule has 0 aliphatic heterocycles. The minimum Gasteiger partial charge on any atom is -0.258 e. The lowest BCUT2D eigenvalue weighted by Gasteiger charge is -2.01. The maximum Gasteiger partial charge on any atom is 0.269 e. The second kappa shape index (κ2) is 5.07. The Hall–Kier alpha value is -1.43. The monoisotopic (exact) mass is 243 g/mol. The number of sulfone groups is 1. The van der Waals surface area contributed by atoms with E-state index in [9.17, 15) is 18.5 Å². The fourth-order valence-corrected chi connectivity index (χ4v) is 2.04. The molecule has 0 saturated carbocycles. The molecule has 5 nitrogen and oxygen atoms in total. The van der Waals surface area contributed by atoms with E-state index in [1.807, 2.05) is 0 Å². The topological polar surface area (TPSA) is 77.3 Å². The van der Waals surface area contributed by atoms with Crippen molar-refractivity contribution >= 4 is 15.5 Å². The van der Waals surface area contributed by atoms with Crippen LogP contribution in [0, 0.1) is 10.1 Å². The highest BCUT2D eigenvalue weighted by atomic mass is 32.2. The Kier molecular flexibility index (Phi) is 4.00. The summed E-state index contributed by atoms with van der Waals surface area (Å²) in [5, 5.41) is 10.4. The highest BCUT2D eigenvalue weighted by Crippen LogP contribution is 2.12. The number of benzene rings is 1. The molecule has 0 bridgehead atoms. The van der Waals surface area contributed by atoms with E-state index in [-0.39, 0.29) is 17.2 Å². The smallest absolute Gasteiger partial charge is 0.258 e. The minimum absolute atomic E-state index is 0.0158. The third kappa shape index (κ3) is 3.62. The Morgan fingerprint density at radius 1 is 1.25 bits per heavy atom. The first-order valence-electron chi connectivity index (χ1n) is 4.88. The van der Waals surface area contributed by atoms with Gasteiger partial charge >= 0.3 is 0 Å². The Bertz CT molecular complexity index is 464. The fraction of sp³-hybridized carbons (Fsp3) is 0.400. The summed E-state index contributed by atoms with van der Waals surface area (Å²) in [5.74, 6) is 0.210. The van der Waals surface area contributed by atoms with E-state index in [1.165, 1.54) is 12.1 Å². The van der Waals surface area contributed by atoms with Crippen LogP contribution < -0.4 is 0 Å². The van der Waals surface area contributed by atoms with Gasteiger partial charge in [0, 0.05) is 17.9 Å². The number of nitro groups is 1. The molecule has 0 radical (unpaired) electrons. The Morgan fingerprint density at radius 2 is 1.81 bits per heavy atom. The minimum atomic E-state index is -2.98. The first-order valence-corrected chi connectivity index (χ1v) is 6.70. The van der Waals surface area contributed by atoms with Gasteiger partial charge in [-0.25, -0.2) is 8.42 Å². The van der Waals surface area contributed by atoms with Crippen molar-refractivity contribution in [1.29, 1.82) is 0 Å². The van der Waals surface area contributed by atoms with Crippen LogP contribution >= 0.6 is 0 Å². The molecule has 1 rings (SSSR count). The number of nitro benzene ring substituents is 1. The van der Waals surface area contributed by atoms with Crippen LogP contribution in [0.4, 0.5) is 5.69 Å². The SMILES string of the molecule is CCS(=O)(=O)CCc1ccc([N+](=O)[O-])cc1. The zero-order valence-corrected chi connectivity index (χ0v) is 9.74. The molecule has 0 spiro atoms.